The number of aromatic nitrogens is 1. The lowest BCUT2D eigenvalue weighted by atomic mass is 9.93. The molecular formula is C34H31ClN2O7S. The average Bonchev–Trinajstić information content (AvgIpc) is 3.34. The van der Waals surface area contributed by atoms with Crippen molar-refractivity contribution >= 4 is 41.0 Å². The number of hydrogen-bond donors (Lipinski definition) is 1. The molecule has 5 rings (SSSR count). The van der Waals surface area contributed by atoms with E-state index in [1.54, 1.807) is 55.5 Å². The van der Waals surface area contributed by atoms with Crippen molar-refractivity contribution in [2.24, 2.45) is 4.99 Å². The molecule has 0 saturated heterocycles. The van der Waals surface area contributed by atoms with Gasteiger partial charge in [0.25, 0.3) is 5.56 Å². The van der Waals surface area contributed by atoms with Crippen LogP contribution in [0.15, 0.2) is 87.8 Å². The summed E-state index contributed by atoms with van der Waals surface area (Å²) in [7, 11) is 1.53. The number of fused-ring (bicyclic) bond motifs is 1. The third-order valence-electron chi connectivity index (χ3n) is 7.16. The number of carboxylic acid groups (broad SMARTS) is 1. The quantitative estimate of drug-likeness (QED) is 0.213. The minimum Gasteiger partial charge on any atom is -0.496 e. The van der Waals surface area contributed by atoms with Gasteiger partial charge in [-0.15, -0.1) is 0 Å². The molecule has 0 bridgehead atoms. The maximum Gasteiger partial charge on any atom is 0.338 e. The van der Waals surface area contributed by atoms with Crippen molar-refractivity contribution in [1.29, 1.82) is 0 Å². The number of nitrogens with zero attached hydrogens (tertiary/aromatic N) is 2. The Labute approximate surface area is 268 Å². The topological polar surface area (TPSA) is 116 Å². The van der Waals surface area contributed by atoms with Crippen LogP contribution in [-0.2, 0) is 16.1 Å². The van der Waals surface area contributed by atoms with Crippen LogP contribution in [0.3, 0.4) is 0 Å². The molecule has 11 heteroatoms. The van der Waals surface area contributed by atoms with E-state index < -0.39 is 18.0 Å². The lowest BCUT2D eigenvalue weighted by Crippen LogP contribution is -2.40. The van der Waals surface area contributed by atoms with E-state index in [1.165, 1.54) is 35.1 Å². The van der Waals surface area contributed by atoms with Gasteiger partial charge in [0, 0.05) is 10.6 Å². The number of aromatic carboxylic acids is 1. The fourth-order valence-corrected chi connectivity index (χ4v) is 6.26. The predicted octanol–water partition coefficient (Wildman–Crippen LogP) is 5.52. The van der Waals surface area contributed by atoms with Gasteiger partial charge in [0.1, 0.15) is 24.1 Å². The Bertz CT molecular complexity index is 1940. The molecule has 2 heterocycles. The monoisotopic (exact) mass is 646 g/mol. The molecule has 1 aliphatic rings. The zero-order valence-electron chi connectivity index (χ0n) is 24.9. The van der Waals surface area contributed by atoms with E-state index in [-0.39, 0.29) is 29.9 Å². The van der Waals surface area contributed by atoms with Crippen molar-refractivity contribution in [1.82, 2.24) is 4.57 Å². The van der Waals surface area contributed by atoms with Crippen LogP contribution in [0, 0.1) is 0 Å². The molecule has 232 valence electrons. The highest BCUT2D eigenvalue weighted by molar-refractivity contribution is 7.07. The predicted molar refractivity (Wildman–Crippen MR) is 172 cm³/mol. The molecular weight excluding hydrogens is 616 g/mol. The van der Waals surface area contributed by atoms with Crippen LogP contribution < -0.4 is 24.4 Å². The van der Waals surface area contributed by atoms with Gasteiger partial charge in [-0.05, 0) is 73.0 Å². The van der Waals surface area contributed by atoms with E-state index >= 15 is 0 Å². The number of rotatable bonds is 11. The molecule has 0 spiro atoms. The molecule has 4 aromatic rings. The summed E-state index contributed by atoms with van der Waals surface area (Å²) in [4.78, 5) is 43.8. The first-order chi connectivity index (χ1) is 21.7. The molecule has 0 amide bonds. The third kappa shape index (κ3) is 6.87. The van der Waals surface area contributed by atoms with E-state index in [1.807, 2.05) is 19.1 Å². The Balaban J connectivity index is 1.53. The molecule has 0 aliphatic carbocycles. The number of halogens is 1. The molecule has 1 aliphatic heterocycles. The first-order valence-corrected chi connectivity index (χ1v) is 15.5. The van der Waals surface area contributed by atoms with Crippen molar-refractivity contribution < 1.29 is 28.9 Å². The molecule has 9 nitrogen and oxygen atoms in total. The highest BCUT2D eigenvalue weighted by Crippen LogP contribution is 2.38. The molecule has 0 unspecified atom stereocenters. The summed E-state index contributed by atoms with van der Waals surface area (Å²) >= 11 is 7.65. The summed E-state index contributed by atoms with van der Waals surface area (Å²) in [6.07, 6.45) is 3.03. The van der Waals surface area contributed by atoms with E-state index in [9.17, 15) is 14.4 Å². The highest BCUT2D eigenvalue weighted by Gasteiger charge is 2.36. The molecule has 1 aromatic heterocycles. The molecule has 1 atom stereocenters. The number of benzene rings is 3. The van der Waals surface area contributed by atoms with Gasteiger partial charge in [0.05, 0.1) is 35.1 Å². The normalized spacial score (nSPS) is 14.5. The number of carbonyl (C=O) groups is 2. The van der Waals surface area contributed by atoms with Gasteiger partial charge >= 0.3 is 11.9 Å². The molecule has 0 fully saturated rings. The number of thiazole rings is 1. The van der Waals surface area contributed by atoms with E-state index in [4.69, 9.17) is 35.9 Å². The van der Waals surface area contributed by atoms with Crippen molar-refractivity contribution in [2.45, 2.75) is 39.3 Å². The number of carboxylic acids is 1. The lowest BCUT2D eigenvalue weighted by molar-refractivity contribution is -0.139. The zero-order chi connectivity index (χ0) is 32.1. The van der Waals surface area contributed by atoms with Crippen LogP contribution in [0.1, 0.15) is 59.8 Å². The summed E-state index contributed by atoms with van der Waals surface area (Å²) in [5, 5.41) is 9.51. The standard InChI is InChI=1S/C34H31ClN2O7S/c1-4-6-26-29(33(41)43-5-2)30(25-18-23(35)13-16-27(25)42-3)37-31(38)28(45-34(37)36-26)17-20-9-14-24(15-10-20)44-19-21-7-11-22(12-8-21)32(39)40/h7-18,30H,4-6,19H2,1-3H3,(H,39,40)/b28-17+/t30-/m1/s1. The van der Waals surface area contributed by atoms with Crippen molar-refractivity contribution in [3.05, 3.63) is 125 Å². The Morgan fingerprint density at radius 2 is 1.80 bits per heavy atom. The van der Waals surface area contributed by atoms with Crippen LogP contribution in [0.5, 0.6) is 11.5 Å². The molecule has 0 radical (unpaired) electrons. The van der Waals surface area contributed by atoms with Crippen molar-refractivity contribution in [3.63, 3.8) is 0 Å². The second-order valence-corrected chi connectivity index (χ2v) is 11.6. The molecule has 1 N–H and O–H groups in total. The Hall–Kier alpha value is -4.67. The first kappa shape index (κ1) is 31.7. The summed E-state index contributed by atoms with van der Waals surface area (Å²) in [5.74, 6) is -0.426. The summed E-state index contributed by atoms with van der Waals surface area (Å²) < 4.78 is 18.9. The van der Waals surface area contributed by atoms with Crippen LogP contribution in [-0.4, -0.2) is 35.3 Å². The Morgan fingerprint density at radius 3 is 2.44 bits per heavy atom. The summed E-state index contributed by atoms with van der Waals surface area (Å²) in [5.41, 5.74) is 2.92. The number of methoxy groups -OCH3 is 1. The number of hydrogen-bond acceptors (Lipinski definition) is 8. The van der Waals surface area contributed by atoms with Gasteiger partial charge < -0.3 is 19.3 Å². The van der Waals surface area contributed by atoms with Gasteiger partial charge in [-0.2, -0.15) is 0 Å². The van der Waals surface area contributed by atoms with Gasteiger partial charge in [-0.25, -0.2) is 14.6 Å². The second-order valence-electron chi connectivity index (χ2n) is 10.2. The zero-order valence-corrected chi connectivity index (χ0v) is 26.5. The fraction of sp³-hybridized carbons (Fsp3) is 0.235. The largest absolute Gasteiger partial charge is 0.496 e. The fourth-order valence-electron chi connectivity index (χ4n) is 5.06. The maximum atomic E-state index is 14.0. The van der Waals surface area contributed by atoms with Crippen molar-refractivity contribution in [3.8, 4) is 11.5 Å². The second kappa shape index (κ2) is 14.0. The molecule has 0 saturated carbocycles. The van der Waals surface area contributed by atoms with Gasteiger partial charge in [-0.3, -0.25) is 9.36 Å². The number of allylic oxidation sites excluding steroid dienone is 1. The Morgan fingerprint density at radius 1 is 1.07 bits per heavy atom. The molecule has 3 aromatic carbocycles. The van der Waals surface area contributed by atoms with E-state index in [2.05, 4.69) is 0 Å². The van der Waals surface area contributed by atoms with Gasteiger partial charge in [0.2, 0.25) is 0 Å². The summed E-state index contributed by atoms with van der Waals surface area (Å²) in [6.45, 7) is 4.17. The average molecular weight is 647 g/mol. The van der Waals surface area contributed by atoms with Crippen LogP contribution in [0.4, 0.5) is 0 Å². The minimum absolute atomic E-state index is 0.169. The van der Waals surface area contributed by atoms with Crippen LogP contribution in [0.25, 0.3) is 6.08 Å². The number of esters is 1. The number of carbonyl (C=O) groups excluding carboxylic acids is 1. The smallest absolute Gasteiger partial charge is 0.338 e. The third-order valence-corrected chi connectivity index (χ3v) is 8.38. The minimum atomic E-state index is -0.981. The van der Waals surface area contributed by atoms with Gasteiger partial charge in [0.15, 0.2) is 4.80 Å². The lowest BCUT2D eigenvalue weighted by Gasteiger charge is -2.27. The highest BCUT2D eigenvalue weighted by atomic mass is 35.5. The van der Waals surface area contributed by atoms with Crippen molar-refractivity contribution in [2.75, 3.05) is 13.7 Å². The number of ether oxygens (including phenoxy) is 3. The first-order valence-electron chi connectivity index (χ1n) is 14.3. The van der Waals surface area contributed by atoms with E-state index in [0.29, 0.717) is 43.5 Å². The van der Waals surface area contributed by atoms with Crippen LogP contribution >= 0.6 is 22.9 Å². The van der Waals surface area contributed by atoms with E-state index in [0.717, 1.165) is 17.5 Å². The SMILES string of the molecule is CCCC1=C(C(=O)OCC)[C@@H](c2cc(Cl)ccc2OC)n2c(s/c(=C/c3ccc(OCc4ccc(C(=O)O)cc4)cc3)c2=O)=N1. The van der Waals surface area contributed by atoms with Crippen LogP contribution in [0.2, 0.25) is 5.02 Å². The molecule has 45 heavy (non-hydrogen) atoms. The van der Waals surface area contributed by atoms with Gasteiger partial charge in [-0.1, -0.05) is 60.5 Å². The summed E-state index contributed by atoms with van der Waals surface area (Å²) in [6, 6.07) is 18.0. The maximum absolute atomic E-state index is 14.0. The Kier molecular flexibility index (Phi) is 9.85.